The third-order valence-electron chi connectivity index (χ3n) is 2.97. The molecule has 0 spiro atoms. The van der Waals surface area contributed by atoms with E-state index < -0.39 is 0 Å². The van der Waals surface area contributed by atoms with Gasteiger partial charge in [-0.3, -0.25) is 4.79 Å². The number of nitrogens with two attached hydrogens (primary N) is 1. The van der Waals surface area contributed by atoms with E-state index in [1.54, 1.807) is 18.2 Å². The van der Waals surface area contributed by atoms with Crippen molar-refractivity contribution in [1.82, 2.24) is 4.98 Å². The third-order valence-corrected chi connectivity index (χ3v) is 3.80. The maximum Gasteiger partial charge on any atom is 0.221 e. The Morgan fingerprint density at radius 1 is 1.33 bits per heavy atom. The van der Waals surface area contributed by atoms with Gasteiger partial charge in [-0.2, -0.15) is 0 Å². The van der Waals surface area contributed by atoms with Crippen molar-refractivity contribution in [3.05, 3.63) is 42.2 Å². The summed E-state index contributed by atoms with van der Waals surface area (Å²) in [7, 11) is 0. The van der Waals surface area contributed by atoms with E-state index in [-0.39, 0.29) is 11.7 Å². The number of halogens is 1. The minimum absolute atomic E-state index is 0.158. The molecule has 0 aliphatic carbocycles. The lowest BCUT2D eigenvalue weighted by molar-refractivity contribution is -0.114. The molecule has 3 aromatic rings. The number of thiazole rings is 1. The zero-order valence-electron chi connectivity index (χ0n) is 11.2. The molecule has 0 saturated carbocycles. The number of rotatable bonds is 2. The van der Waals surface area contributed by atoms with Gasteiger partial charge >= 0.3 is 0 Å². The van der Waals surface area contributed by atoms with Crippen LogP contribution in [0.25, 0.3) is 21.3 Å². The number of amides is 1. The molecule has 4 nitrogen and oxygen atoms in total. The van der Waals surface area contributed by atoms with Crippen LogP contribution in [0.3, 0.4) is 0 Å². The first kappa shape index (κ1) is 13.5. The second-order valence-corrected chi connectivity index (χ2v) is 5.68. The van der Waals surface area contributed by atoms with E-state index in [1.165, 1.54) is 30.4 Å². The van der Waals surface area contributed by atoms with Crippen LogP contribution in [-0.4, -0.2) is 10.9 Å². The Morgan fingerprint density at radius 3 is 2.90 bits per heavy atom. The average molecular weight is 301 g/mol. The van der Waals surface area contributed by atoms with Gasteiger partial charge in [0, 0.05) is 18.2 Å². The van der Waals surface area contributed by atoms with E-state index >= 15 is 0 Å². The smallest absolute Gasteiger partial charge is 0.221 e. The van der Waals surface area contributed by atoms with Gasteiger partial charge in [-0.05, 0) is 29.8 Å². The SMILES string of the molecule is CC(=O)Nc1cccc(-c2cc(F)cc3sc(N)nc23)c1. The van der Waals surface area contributed by atoms with E-state index in [2.05, 4.69) is 10.3 Å². The first-order valence-corrected chi connectivity index (χ1v) is 7.08. The van der Waals surface area contributed by atoms with Crippen LogP contribution in [0.4, 0.5) is 15.2 Å². The summed E-state index contributed by atoms with van der Waals surface area (Å²) in [6.07, 6.45) is 0. The highest BCUT2D eigenvalue weighted by molar-refractivity contribution is 7.22. The standard InChI is InChI=1S/C15H12FN3OS/c1-8(20)18-11-4-2-3-9(5-11)12-6-10(16)7-13-14(12)19-15(17)21-13/h2-7H,1H3,(H2,17,19)(H,18,20). The predicted molar refractivity (Wildman–Crippen MR) is 83.7 cm³/mol. The molecule has 0 aliphatic heterocycles. The van der Waals surface area contributed by atoms with Crippen LogP contribution in [0.2, 0.25) is 0 Å². The zero-order chi connectivity index (χ0) is 15.0. The van der Waals surface area contributed by atoms with E-state index in [0.717, 1.165) is 5.56 Å². The lowest BCUT2D eigenvalue weighted by Gasteiger charge is -2.07. The van der Waals surface area contributed by atoms with Crippen LogP contribution in [0.15, 0.2) is 36.4 Å². The monoisotopic (exact) mass is 301 g/mol. The normalized spacial score (nSPS) is 10.8. The molecule has 1 amide bonds. The Bertz CT molecular complexity index is 844. The van der Waals surface area contributed by atoms with Crippen molar-refractivity contribution in [3.8, 4) is 11.1 Å². The minimum Gasteiger partial charge on any atom is -0.375 e. The van der Waals surface area contributed by atoms with Gasteiger partial charge in [0.05, 0.1) is 10.2 Å². The molecular formula is C15H12FN3OS. The number of nitrogen functional groups attached to an aromatic ring is 1. The molecular weight excluding hydrogens is 289 g/mol. The lowest BCUT2D eigenvalue weighted by atomic mass is 10.0. The Kier molecular flexibility index (Phi) is 3.31. The Labute approximate surface area is 124 Å². The van der Waals surface area contributed by atoms with E-state index in [4.69, 9.17) is 5.73 Å². The molecule has 0 radical (unpaired) electrons. The fraction of sp³-hybridized carbons (Fsp3) is 0.0667. The lowest BCUT2D eigenvalue weighted by Crippen LogP contribution is -2.05. The molecule has 3 N–H and O–H groups in total. The second kappa shape index (κ2) is 5.14. The number of carbonyl (C=O) groups excluding carboxylic acids is 1. The van der Waals surface area contributed by atoms with Gasteiger partial charge in [0.1, 0.15) is 5.82 Å². The molecule has 21 heavy (non-hydrogen) atoms. The summed E-state index contributed by atoms with van der Waals surface area (Å²) in [5, 5.41) is 3.11. The van der Waals surface area contributed by atoms with Gasteiger partial charge in [-0.1, -0.05) is 23.5 Å². The topological polar surface area (TPSA) is 68.0 Å². The first-order valence-electron chi connectivity index (χ1n) is 6.26. The highest BCUT2D eigenvalue weighted by Gasteiger charge is 2.11. The third kappa shape index (κ3) is 2.71. The largest absolute Gasteiger partial charge is 0.375 e. The maximum absolute atomic E-state index is 13.8. The second-order valence-electron chi connectivity index (χ2n) is 4.61. The fourth-order valence-electron chi connectivity index (χ4n) is 2.20. The number of nitrogens with zero attached hydrogens (tertiary/aromatic N) is 1. The molecule has 6 heteroatoms. The summed E-state index contributed by atoms with van der Waals surface area (Å²) in [4.78, 5) is 15.4. The number of anilines is 2. The number of fused-ring (bicyclic) bond motifs is 1. The molecule has 0 unspecified atom stereocenters. The molecule has 1 aromatic heterocycles. The molecule has 0 fully saturated rings. The number of carbonyl (C=O) groups is 1. The quantitative estimate of drug-likeness (QED) is 0.759. The zero-order valence-corrected chi connectivity index (χ0v) is 12.0. The first-order chi connectivity index (χ1) is 10.0. The molecule has 0 bridgehead atoms. The number of hydrogen-bond donors (Lipinski definition) is 2. The molecule has 106 valence electrons. The van der Waals surface area contributed by atoms with Crippen molar-refractivity contribution < 1.29 is 9.18 Å². The van der Waals surface area contributed by atoms with Gasteiger partial charge in [0.2, 0.25) is 5.91 Å². The van der Waals surface area contributed by atoms with Crippen LogP contribution in [0.1, 0.15) is 6.92 Å². The molecule has 2 aromatic carbocycles. The summed E-state index contributed by atoms with van der Waals surface area (Å²) in [6.45, 7) is 1.44. The van der Waals surface area contributed by atoms with Crippen molar-refractivity contribution >= 4 is 38.3 Å². The predicted octanol–water partition coefficient (Wildman–Crippen LogP) is 3.64. The fourth-order valence-corrected chi connectivity index (χ4v) is 2.99. The van der Waals surface area contributed by atoms with Gasteiger partial charge < -0.3 is 11.1 Å². The van der Waals surface area contributed by atoms with Gasteiger partial charge in [-0.15, -0.1) is 0 Å². The molecule has 0 atom stereocenters. The summed E-state index contributed by atoms with van der Waals surface area (Å²) in [6, 6.07) is 10.0. The van der Waals surface area contributed by atoms with Gasteiger partial charge in [-0.25, -0.2) is 9.37 Å². The Morgan fingerprint density at radius 2 is 2.14 bits per heavy atom. The molecule has 0 saturated heterocycles. The number of benzene rings is 2. The van der Waals surface area contributed by atoms with Crippen LogP contribution in [0, 0.1) is 5.82 Å². The van der Waals surface area contributed by atoms with E-state index in [0.29, 0.717) is 26.6 Å². The van der Waals surface area contributed by atoms with Gasteiger partial charge in [0.25, 0.3) is 0 Å². The van der Waals surface area contributed by atoms with Crippen molar-refractivity contribution in [2.24, 2.45) is 0 Å². The molecule has 0 aliphatic rings. The molecule has 1 heterocycles. The van der Waals surface area contributed by atoms with E-state index in [1.807, 2.05) is 6.07 Å². The van der Waals surface area contributed by atoms with E-state index in [9.17, 15) is 9.18 Å². The summed E-state index contributed by atoms with van der Waals surface area (Å²) < 4.78 is 14.5. The van der Waals surface area contributed by atoms with Crippen LogP contribution < -0.4 is 11.1 Å². The average Bonchev–Trinajstić information content (AvgIpc) is 2.77. The number of hydrogen-bond acceptors (Lipinski definition) is 4. The highest BCUT2D eigenvalue weighted by atomic mass is 32.1. The van der Waals surface area contributed by atoms with Crippen LogP contribution in [0.5, 0.6) is 0 Å². The maximum atomic E-state index is 13.8. The van der Waals surface area contributed by atoms with Crippen LogP contribution in [-0.2, 0) is 4.79 Å². The summed E-state index contributed by atoms with van der Waals surface area (Å²) in [5.74, 6) is -0.500. The van der Waals surface area contributed by atoms with Crippen LogP contribution >= 0.6 is 11.3 Å². The summed E-state index contributed by atoms with van der Waals surface area (Å²) >= 11 is 1.25. The van der Waals surface area contributed by atoms with Crippen molar-refractivity contribution in [3.63, 3.8) is 0 Å². The Balaban J connectivity index is 2.17. The highest BCUT2D eigenvalue weighted by Crippen LogP contribution is 2.34. The van der Waals surface area contributed by atoms with Crippen molar-refractivity contribution in [2.45, 2.75) is 6.92 Å². The minimum atomic E-state index is -0.342. The Hall–Kier alpha value is -2.47. The summed E-state index contributed by atoms with van der Waals surface area (Å²) in [5.41, 5.74) is 8.46. The van der Waals surface area contributed by atoms with Gasteiger partial charge in [0.15, 0.2) is 5.13 Å². The molecule has 3 rings (SSSR count). The van der Waals surface area contributed by atoms with Crippen molar-refractivity contribution in [1.29, 1.82) is 0 Å². The van der Waals surface area contributed by atoms with Crippen molar-refractivity contribution in [2.75, 3.05) is 11.1 Å². The number of nitrogens with one attached hydrogen (secondary N) is 1. The number of aromatic nitrogens is 1.